The molecule has 2 rings (SSSR count). The van der Waals surface area contributed by atoms with E-state index in [2.05, 4.69) is 5.32 Å². The van der Waals surface area contributed by atoms with Gasteiger partial charge in [0.25, 0.3) is 0 Å². The molecule has 1 saturated heterocycles. The van der Waals surface area contributed by atoms with E-state index in [0.29, 0.717) is 18.2 Å². The van der Waals surface area contributed by atoms with Gasteiger partial charge in [-0.25, -0.2) is 0 Å². The molecule has 3 N–H and O–H groups in total. The van der Waals surface area contributed by atoms with Crippen molar-refractivity contribution in [3.63, 3.8) is 0 Å². The van der Waals surface area contributed by atoms with Crippen molar-refractivity contribution < 1.29 is 13.2 Å². The van der Waals surface area contributed by atoms with Crippen LogP contribution < -0.4 is 11.1 Å². The highest BCUT2D eigenvalue weighted by Gasteiger charge is 2.31. The van der Waals surface area contributed by atoms with Gasteiger partial charge in [0.05, 0.1) is 5.56 Å². The first-order chi connectivity index (χ1) is 9.40. The van der Waals surface area contributed by atoms with Gasteiger partial charge in [-0.2, -0.15) is 24.9 Å². The summed E-state index contributed by atoms with van der Waals surface area (Å²) in [6.45, 7) is 0.388. The number of nitrogens with two attached hydrogens (primary N) is 1. The number of rotatable bonds is 4. The molecule has 20 heavy (non-hydrogen) atoms. The standard InChI is InChI=1S/C13H16ClF3N2S/c14-10-3-9(13(15,16)17)4-11(5-10)19-12(6-18)8-1-2-20-7-8/h3-5,8,12,19H,1-2,6-7,18H2. The minimum atomic E-state index is -4.40. The topological polar surface area (TPSA) is 38.0 Å². The highest BCUT2D eigenvalue weighted by Crippen LogP contribution is 2.34. The van der Waals surface area contributed by atoms with Gasteiger partial charge in [-0.05, 0) is 42.0 Å². The van der Waals surface area contributed by atoms with Crippen molar-refractivity contribution in [2.24, 2.45) is 11.7 Å². The number of alkyl halides is 3. The number of hydrogen-bond donors (Lipinski definition) is 2. The molecule has 7 heteroatoms. The number of hydrogen-bond acceptors (Lipinski definition) is 3. The third-order valence-corrected chi connectivity index (χ3v) is 4.77. The van der Waals surface area contributed by atoms with Crippen LogP contribution in [0, 0.1) is 5.92 Å². The summed E-state index contributed by atoms with van der Waals surface area (Å²) in [5.41, 5.74) is 5.36. The molecule has 1 fully saturated rings. The monoisotopic (exact) mass is 324 g/mol. The second kappa shape index (κ2) is 6.45. The van der Waals surface area contributed by atoms with E-state index in [1.165, 1.54) is 6.07 Å². The molecular weight excluding hydrogens is 309 g/mol. The second-order valence-electron chi connectivity index (χ2n) is 4.84. The van der Waals surface area contributed by atoms with E-state index >= 15 is 0 Å². The molecular formula is C13H16ClF3N2S. The molecule has 0 aromatic heterocycles. The highest BCUT2D eigenvalue weighted by molar-refractivity contribution is 7.99. The Hall–Kier alpha value is -0.590. The van der Waals surface area contributed by atoms with Gasteiger partial charge in [0.15, 0.2) is 0 Å². The van der Waals surface area contributed by atoms with Crippen molar-refractivity contribution in [1.29, 1.82) is 0 Å². The smallest absolute Gasteiger partial charge is 0.381 e. The molecule has 2 unspecified atom stereocenters. The van der Waals surface area contributed by atoms with Gasteiger partial charge in [0, 0.05) is 23.3 Å². The Balaban J connectivity index is 2.17. The van der Waals surface area contributed by atoms with Gasteiger partial charge in [-0.1, -0.05) is 11.6 Å². The Labute approximate surface area is 125 Å². The average molecular weight is 325 g/mol. The summed E-state index contributed by atoms with van der Waals surface area (Å²) < 4.78 is 38.3. The lowest BCUT2D eigenvalue weighted by Gasteiger charge is -2.24. The van der Waals surface area contributed by atoms with Crippen LogP contribution in [0.4, 0.5) is 18.9 Å². The van der Waals surface area contributed by atoms with Gasteiger partial charge in [-0.3, -0.25) is 0 Å². The molecule has 1 heterocycles. The van der Waals surface area contributed by atoms with E-state index in [1.807, 2.05) is 11.8 Å². The lowest BCUT2D eigenvalue weighted by Crippen LogP contribution is -2.36. The van der Waals surface area contributed by atoms with Crippen LogP contribution in [0.25, 0.3) is 0 Å². The fourth-order valence-electron chi connectivity index (χ4n) is 2.29. The summed E-state index contributed by atoms with van der Waals surface area (Å²) in [4.78, 5) is 0. The number of benzene rings is 1. The maximum absolute atomic E-state index is 12.8. The zero-order chi connectivity index (χ0) is 14.8. The predicted octanol–water partition coefficient (Wildman–Crippen LogP) is 3.85. The van der Waals surface area contributed by atoms with Crippen LogP contribution in [-0.2, 0) is 6.18 Å². The van der Waals surface area contributed by atoms with Crippen molar-refractivity contribution in [2.75, 3.05) is 23.4 Å². The van der Waals surface area contributed by atoms with Crippen LogP contribution in [0.3, 0.4) is 0 Å². The van der Waals surface area contributed by atoms with Crippen LogP contribution in [-0.4, -0.2) is 24.1 Å². The summed E-state index contributed by atoms with van der Waals surface area (Å²) >= 11 is 7.61. The first kappa shape index (κ1) is 15.8. The number of thioether (sulfide) groups is 1. The molecule has 1 aromatic carbocycles. The summed E-state index contributed by atoms with van der Waals surface area (Å²) in [5.74, 6) is 2.45. The summed E-state index contributed by atoms with van der Waals surface area (Å²) in [5, 5.41) is 3.17. The Morgan fingerprint density at radius 1 is 1.40 bits per heavy atom. The fourth-order valence-corrected chi connectivity index (χ4v) is 3.86. The Morgan fingerprint density at radius 3 is 2.70 bits per heavy atom. The van der Waals surface area contributed by atoms with E-state index in [-0.39, 0.29) is 11.1 Å². The average Bonchev–Trinajstić information content (AvgIpc) is 2.88. The Morgan fingerprint density at radius 2 is 2.15 bits per heavy atom. The van der Waals surface area contributed by atoms with E-state index in [0.717, 1.165) is 30.1 Å². The molecule has 0 amide bonds. The maximum atomic E-state index is 12.8. The molecule has 0 saturated carbocycles. The van der Waals surface area contributed by atoms with Gasteiger partial charge in [0.2, 0.25) is 0 Å². The quantitative estimate of drug-likeness (QED) is 0.883. The van der Waals surface area contributed by atoms with E-state index < -0.39 is 11.7 Å². The highest BCUT2D eigenvalue weighted by atomic mass is 35.5. The molecule has 0 spiro atoms. The zero-order valence-corrected chi connectivity index (χ0v) is 12.3. The van der Waals surface area contributed by atoms with Gasteiger partial charge in [-0.15, -0.1) is 0 Å². The SMILES string of the molecule is NCC(Nc1cc(Cl)cc(C(F)(F)F)c1)C1CCSC1. The minimum Gasteiger partial charge on any atom is -0.381 e. The van der Waals surface area contributed by atoms with E-state index in [4.69, 9.17) is 17.3 Å². The maximum Gasteiger partial charge on any atom is 0.416 e. The number of anilines is 1. The third-order valence-electron chi connectivity index (χ3n) is 3.37. The zero-order valence-electron chi connectivity index (χ0n) is 10.7. The molecule has 1 aromatic rings. The lowest BCUT2D eigenvalue weighted by atomic mass is 9.99. The van der Waals surface area contributed by atoms with Crippen LogP contribution >= 0.6 is 23.4 Å². The van der Waals surface area contributed by atoms with Gasteiger partial charge < -0.3 is 11.1 Å². The lowest BCUT2D eigenvalue weighted by molar-refractivity contribution is -0.137. The molecule has 0 aliphatic carbocycles. The molecule has 1 aliphatic rings. The van der Waals surface area contributed by atoms with Crippen LogP contribution in [0.5, 0.6) is 0 Å². The van der Waals surface area contributed by atoms with Crippen molar-refractivity contribution in [2.45, 2.75) is 18.6 Å². The first-order valence-electron chi connectivity index (χ1n) is 6.32. The summed E-state index contributed by atoms with van der Waals surface area (Å²) in [7, 11) is 0. The summed E-state index contributed by atoms with van der Waals surface area (Å²) in [6.07, 6.45) is -3.37. The molecule has 0 radical (unpaired) electrons. The number of nitrogens with one attached hydrogen (secondary N) is 1. The number of halogens is 4. The third kappa shape index (κ3) is 3.96. The fraction of sp³-hybridized carbons (Fsp3) is 0.538. The second-order valence-corrected chi connectivity index (χ2v) is 6.42. The predicted molar refractivity (Wildman–Crippen MR) is 78.4 cm³/mol. The van der Waals surface area contributed by atoms with E-state index in [1.54, 1.807) is 0 Å². The van der Waals surface area contributed by atoms with Crippen LogP contribution in [0.1, 0.15) is 12.0 Å². The normalized spacial score (nSPS) is 20.9. The van der Waals surface area contributed by atoms with Gasteiger partial charge in [0.1, 0.15) is 0 Å². The van der Waals surface area contributed by atoms with Crippen molar-refractivity contribution in [3.8, 4) is 0 Å². The minimum absolute atomic E-state index is 0.0236. The van der Waals surface area contributed by atoms with Crippen molar-refractivity contribution >= 4 is 29.1 Å². The van der Waals surface area contributed by atoms with E-state index in [9.17, 15) is 13.2 Å². The molecule has 112 valence electrons. The van der Waals surface area contributed by atoms with Crippen molar-refractivity contribution in [1.82, 2.24) is 0 Å². The molecule has 0 bridgehead atoms. The Bertz CT molecular complexity index is 461. The van der Waals surface area contributed by atoms with Crippen molar-refractivity contribution in [3.05, 3.63) is 28.8 Å². The largest absolute Gasteiger partial charge is 0.416 e. The molecule has 1 aliphatic heterocycles. The van der Waals surface area contributed by atoms with Crippen LogP contribution in [0.2, 0.25) is 5.02 Å². The van der Waals surface area contributed by atoms with Crippen LogP contribution in [0.15, 0.2) is 18.2 Å². The molecule has 2 atom stereocenters. The Kier molecular flexibility index (Phi) is 5.09. The first-order valence-corrected chi connectivity index (χ1v) is 7.85. The molecule has 2 nitrogen and oxygen atoms in total. The summed E-state index contributed by atoms with van der Waals surface area (Å²) in [6, 6.07) is 3.48. The van der Waals surface area contributed by atoms with Gasteiger partial charge >= 0.3 is 6.18 Å².